The van der Waals surface area contributed by atoms with Gasteiger partial charge in [-0.15, -0.1) is 0 Å². The number of amides is 1. The van der Waals surface area contributed by atoms with Gasteiger partial charge in [-0.25, -0.2) is 4.79 Å². The van der Waals surface area contributed by atoms with E-state index in [4.69, 9.17) is 9.63 Å². The summed E-state index contributed by atoms with van der Waals surface area (Å²) in [6.45, 7) is 5.32. The summed E-state index contributed by atoms with van der Waals surface area (Å²) in [5.74, 6) is -0.585. The predicted molar refractivity (Wildman–Crippen MR) is 64.2 cm³/mol. The van der Waals surface area contributed by atoms with Crippen LogP contribution in [0.2, 0.25) is 0 Å². The Labute approximate surface area is 105 Å². The molecule has 0 radical (unpaired) electrons. The van der Waals surface area contributed by atoms with E-state index < -0.39 is 12.0 Å². The molecular weight excluding hydrogens is 236 g/mol. The summed E-state index contributed by atoms with van der Waals surface area (Å²) in [6.07, 6.45) is 1.10. The molecule has 0 saturated heterocycles. The Kier molecular flexibility index (Phi) is 4.88. The highest BCUT2D eigenvalue weighted by Gasteiger charge is 2.18. The van der Waals surface area contributed by atoms with Crippen molar-refractivity contribution < 1.29 is 19.2 Å². The molecule has 1 heterocycles. The van der Waals surface area contributed by atoms with Crippen LogP contribution in [0.25, 0.3) is 0 Å². The van der Waals surface area contributed by atoms with Crippen LogP contribution in [0, 0.1) is 13.8 Å². The number of hydrogen-bond acceptors (Lipinski definition) is 4. The van der Waals surface area contributed by atoms with Crippen LogP contribution in [-0.2, 0) is 16.0 Å². The maximum atomic E-state index is 11.6. The van der Waals surface area contributed by atoms with Gasteiger partial charge in [0.1, 0.15) is 11.8 Å². The number of carbonyl (C=O) groups is 2. The molecule has 0 aliphatic heterocycles. The SMILES string of the molecule is CC[C@H](NC(=O)CCc1c(C)noc1C)C(=O)O. The second kappa shape index (κ2) is 6.18. The fourth-order valence-corrected chi connectivity index (χ4v) is 1.70. The van der Waals surface area contributed by atoms with E-state index in [1.165, 1.54) is 0 Å². The van der Waals surface area contributed by atoms with Crippen LogP contribution in [0.1, 0.15) is 36.8 Å². The Hall–Kier alpha value is -1.85. The van der Waals surface area contributed by atoms with Crippen molar-refractivity contribution in [2.75, 3.05) is 0 Å². The standard InChI is InChI=1S/C12H18N2O4/c1-4-10(12(16)17)13-11(15)6-5-9-7(2)14-18-8(9)3/h10H,4-6H2,1-3H3,(H,13,15)(H,16,17)/t10-/m0/s1. The molecule has 6 nitrogen and oxygen atoms in total. The Bertz CT molecular complexity index is 420. The van der Waals surface area contributed by atoms with Crippen LogP contribution in [0.4, 0.5) is 0 Å². The number of rotatable bonds is 6. The van der Waals surface area contributed by atoms with Gasteiger partial charge in [-0.1, -0.05) is 12.1 Å². The number of carboxylic acid groups (broad SMARTS) is 1. The summed E-state index contributed by atoms with van der Waals surface area (Å²) in [4.78, 5) is 22.4. The number of aryl methyl sites for hydroxylation is 2. The predicted octanol–water partition coefficient (Wildman–Crippen LogP) is 1.20. The molecule has 0 aromatic carbocycles. The molecule has 0 spiro atoms. The van der Waals surface area contributed by atoms with E-state index in [1.807, 2.05) is 6.92 Å². The molecule has 18 heavy (non-hydrogen) atoms. The van der Waals surface area contributed by atoms with E-state index >= 15 is 0 Å². The minimum absolute atomic E-state index is 0.229. The van der Waals surface area contributed by atoms with Crippen molar-refractivity contribution in [3.05, 3.63) is 17.0 Å². The normalized spacial score (nSPS) is 12.2. The average Bonchev–Trinajstić information content (AvgIpc) is 2.63. The number of aliphatic carboxylic acids is 1. The minimum Gasteiger partial charge on any atom is -0.480 e. The average molecular weight is 254 g/mol. The zero-order chi connectivity index (χ0) is 13.7. The minimum atomic E-state index is -1.01. The number of nitrogens with one attached hydrogen (secondary N) is 1. The van der Waals surface area contributed by atoms with E-state index in [9.17, 15) is 9.59 Å². The van der Waals surface area contributed by atoms with Crippen molar-refractivity contribution in [1.29, 1.82) is 0 Å². The highest BCUT2D eigenvalue weighted by atomic mass is 16.5. The molecule has 1 aromatic rings. The zero-order valence-electron chi connectivity index (χ0n) is 10.8. The molecule has 1 atom stereocenters. The fourth-order valence-electron chi connectivity index (χ4n) is 1.70. The van der Waals surface area contributed by atoms with Gasteiger partial charge >= 0.3 is 5.97 Å². The number of hydrogen-bond donors (Lipinski definition) is 2. The summed E-state index contributed by atoms with van der Waals surface area (Å²) in [5.41, 5.74) is 1.68. The van der Waals surface area contributed by atoms with Gasteiger partial charge in [0.25, 0.3) is 0 Å². The molecule has 0 aliphatic carbocycles. The molecule has 1 rings (SSSR count). The molecule has 2 N–H and O–H groups in total. The van der Waals surface area contributed by atoms with Crippen LogP contribution < -0.4 is 5.32 Å². The lowest BCUT2D eigenvalue weighted by molar-refractivity contribution is -0.141. The maximum Gasteiger partial charge on any atom is 0.326 e. The van der Waals surface area contributed by atoms with Crippen molar-refractivity contribution in [2.45, 2.75) is 46.1 Å². The quantitative estimate of drug-likeness (QED) is 0.795. The second-order valence-corrected chi connectivity index (χ2v) is 4.17. The fraction of sp³-hybridized carbons (Fsp3) is 0.583. The number of aromatic nitrogens is 1. The molecular formula is C12H18N2O4. The summed E-state index contributed by atoms with van der Waals surface area (Å²) >= 11 is 0. The van der Waals surface area contributed by atoms with E-state index in [1.54, 1.807) is 13.8 Å². The molecule has 0 unspecified atom stereocenters. The van der Waals surface area contributed by atoms with Gasteiger partial charge in [-0.05, 0) is 26.7 Å². The van der Waals surface area contributed by atoms with E-state index in [0.29, 0.717) is 18.6 Å². The Morgan fingerprint density at radius 3 is 2.56 bits per heavy atom. The first-order chi connectivity index (χ1) is 8.45. The number of nitrogens with zero attached hydrogens (tertiary/aromatic N) is 1. The second-order valence-electron chi connectivity index (χ2n) is 4.17. The van der Waals surface area contributed by atoms with Crippen molar-refractivity contribution in [1.82, 2.24) is 10.5 Å². The maximum absolute atomic E-state index is 11.6. The smallest absolute Gasteiger partial charge is 0.326 e. The number of carboxylic acids is 1. The van der Waals surface area contributed by atoms with Gasteiger partial charge in [-0.2, -0.15) is 0 Å². The summed E-state index contributed by atoms with van der Waals surface area (Å²) < 4.78 is 4.99. The van der Waals surface area contributed by atoms with Gasteiger partial charge in [0.05, 0.1) is 5.69 Å². The lowest BCUT2D eigenvalue weighted by Gasteiger charge is -2.11. The third-order valence-corrected chi connectivity index (χ3v) is 2.82. The molecule has 0 fully saturated rings. The summed E-state index contributed by atoms with van der Waals surface area (Å²) in [5, 5.41) is 15.1. The molecule has 6 heteroatoms. The third kappa shape index (κ3) is 3.58. The van der Waals surface area contributed by atoms with Gasteiger partial charge in [0.15, 0.2) is 0 Å². The number of carbonyl (C=O) groups excluding carboxylic acids is 1. The third-order valence-electron chi connectivity index (χ3n) is 2.82. The molecule has 0 saturated carbocycles. The lowest BCUT2D eigenvalue weighted by atomic mass is 10.1. The van der Waals surface area contributed by atoms with Gasteiger partial charge < -0.3 is 14.9 Å². The summed E-state index contributed by atoms with van der Waals surface area (Å²) in [6, 6.07) is -0.817. The first-order valence-electron chi connectivity index (χ1n) is 5.89. The first-order valence-corrected chi connectivity index (χ1v) is 5.89. The molecule has 100 valence electrons. The highest BCUT2D eigenvalue weighted by molar-refractivity contribution is 5.83. The topological polar surface area (TPSA) is 92.4 Å². The van der Waals surface area contributed by atoms with Gasteiger partial charge in [0.2, 0.25) is 5.91 Å². The van der Waals surface area contributed by atoms with Crippen molar-refractivity contribution in [2.24, 2.45) is 0 Å². The van der Waals surface area contributed by atoms with Crippen LogP contribution in [0.3, 0.4) is 0 Å². The summed E-state index contributed by atoms with van der Waals surface area (Å²) in [7, 11) is 0. The van der Waals surface area contributed by atoms with Crippen LogP contribution >= 0.6 is 0 Å². The molecule has 0 bridgehead atoms. The zero-order valence-corrected chi connectivity index (χ0v) is 10.8. The van der Waals surface area contributed by atoms with E-state index in [0.717, 1.165) is 11.3 Å². The monoisotopic (exact) mass is 254 g/mol. The Morgan fingerprint density at radius 1 is 1.44 bits per heavy atom. The van der Waals surface area contributed by atoms with Crippen molar-refractivity contribution >= 4 is 11.9 Å². The molecule has 0 aliphatic rings. The molecule has 1 amide bonds. The Morgan fingerprint density at radius 2 is 2.11 bits per heavy atom. The lowest BCUT2D eigenvalue weighted by Crippen LogP contribution is -2.40. The van der Waals surface area contributed by atoms with E-state index in [2.05, 4.69) is 10.5 Å². The van der Waals surface area contributed by atoms with Crippen molar-refractivity contribution in [3.63, 3.8) is 0 Å². The Balaban J connectivity index is 2.49. The highest BCUT2D eigenvalue weighted by Crippen LogP contribution is 2.14. The van der Waals surface area contributed by atoms with Crippen molar-refractivity contribution in [3.8, 4) is 0 Å². The van der Waals surface area contributed by atoms with Gasteiger partial charge in [0, 0.05) is 12.0 Å². The van der Waals surface area contributed by atoms with Gasteiger partial charge in [-0.3, -0.25) is 4.79 Å². The molecule has 1 aromatic heterocycles. The van der Waals surface area contributed by atoms with Crippen LogP contribution in [0.5, 0.6) is 0 Å². The van der Waals surface area contributed by atoms with Crippen LogP contribution in [-0.4, -0.2) is 28.2 Å². The first kappa shape index (κ1) is 14.2. The largest absolute Gasteiger partial charge is 0.480 e. The van der Waals surface area contributed by atoms with Crippen LogP contribution in [0.15, 0.2) is 4.52 Å². The van der Waals surface area contributed by atoms with E-state index in [-0.39, 0.29) is 12.3 Å².